The molecular weight excluding hydrogens is 369 g/mol. The summed E-state index contributed by atoms with van der Waals surface area (Å²) in [4.78, 5) is 15.1. The van der Waals surface area contributed by atoms with E-state index >= 15 is 0 Å². The van der Waals surface area contributed by atoms with Gasteiger partial charge in [-0.3, -0.25) is 14.6 Å². The van der Waals surface area contributed by atoms with Crippen LogP contribution in [0.5, 0.6) is 0 Å². The average molecular weight is 395 g/mol. The van der Waals surface area contributed by atoms with Crippen molar-refractivity contribution in [3.8, 4) is 11.1 Å². The molecule has 3 aromatic rings. The summed E-state index contributed by atoms with van der Waals surface area (Å²) in [6.45, 7) is 5.50. The molecule has 3 heterocycles. The highest BCUT2D eigenvalue weighted by Crippen LogP contribution is 2.33. The molecular formula is C22H26FN5O. The third-order valence-corrected chi connectivity index (χ3v) is 5.65. The first kappa shape index (κ1) is 19.4. The van der Waals surface area contributed by atoms with Gasteiger partial charge in [-0.15, -0.1) is 0 Å². The highest BCUT2D eigenvalue weighted by molar-refractivity contribution is 5.93. The SMILES string of the molecule is CC(C)c1cc(C(=O)N2CCC[C@H](c3[nH]ncc3-c3ccc(F)cc3)C2)n(C)n1. The number of nitrogens with zero attached hydrogens (tertiary/aromatic N) is 4. The van der Waals surface area contributed by atoms with Crippen LogP contribution in [0.25, 0.3) is 11.1 Å². The van der Waals surface area contributed by atoms with Crippen LogP contribution < -0.4 is 0 Å². The molecule has 0 aliphatic carbocycles. The monoisotopic (exact) mass is 395 g/mol. The fraction of sp³-hybridized carbons (Fsp3) is 0.409. The maximum absolute atomic E-state index is 13.3. The standard InChI is InChI=1S/C22H26FN5O/c1-14(2)19-11-20(27(3)26-19)22(29)28-10-4-5-16(13-28)21-18(12-24-25-21)15-6-8-17(23)9-7-15/h6-9,11-12,14,16H,4-5,10,13H2,1-3H3,(H,24,25)/t16-/m0/s1. The molecule has 1 aliphatic heterocycles. The van der Waals surface area contributed by atoms with Gasteiger partial charge < -0.3 is 4.90 Å². The lowest BCUT2D eigenvalue weighted by molar-refractivity contribution is 0.0695. The lowest BCUT2D eigenvalue weighted by Crippen LogP contribution is -2.40. The predicted molar refractivity (Wildman–Crippen MR) is 109 cm³/mol. The largest absolute Gasteiger partial charge is 0.337 e. The minimum atomic E-state index is -0.259. The Morgan fingerprint density at radius 3 is 2.72 bits per heavy atom. The quantitative estimate of drug-likeness (QED) is 0.723. The smallest absolute Gasteiger partial charge is 0.272 e. The van der Waals surface area contributed by atoms with Crippen LogP contribution >= 0.6 is 0 Å². The number of nitrogens with one attached hydrogen (secondary N) is 1. The van der Waals surface area contributed by atoms with Gasteiger partial charge in [0.15, 0.2) is 0 Å². The van der Waals surface area contributed by atoms with Crippen LogP contribution in [0.1, 0.15) is 60.4 Å². The van der Waals surface area contributed by atoms with Crippen molar-refractivity contribution in [3.05, 3.63) is 59.4 Å². The summed E-state index contributed by atoms with van der Waals surface area (Å²) in [7, 11) is 1.82. The van der Waals surface area contributed by atoms with Crippen molar-refractivity contribution in [2.24, 2.45) is 7.05 Å². The summed E-state index contributed by atoms with van der Waals surface area (Å²) in [6.07, 6.45) is 3.68. The van der Waals surface area contributed by atoms with Gasteiger partial charge in [-0.05, 0) is 42.5 Å². The predicted octanol–water partition coefficient (Wildman–Crippen LogP) is 4.09. The summed E-state index contributed by atoms with van der Waals surface area (Å²) in [5.41, 5.74) is 4.44. The van der Waals surface area contributed by atoms with Crippen molar-refractivity contribution in [1.29, 1.82) is 0 Å². The van der Waals surface area contributed by atoms with Gasteiger partial charge in [0.05, 0.1) is 11.9 Å². The summed E-state index contributed by atoms with van der Waals surface area (Å²) in [5, 5.41) is 11.8. The summed E-state index contributed by atoms with van der Waals surface area (Å²) in [6, 6.07) is 8.34. The van der Waals surface area contributed by atoms with Crippen molar-refractivity contribution in [2.45, 2.75) is 38.5 Å². The fourth-order valence-corrected chi connectivity index (χ4v) is 4.00. The van der Waals surface area contributed by atoms with Crippen LogP contribution in [0.15, 0.2) is 36.5 Å². The number of rotatable bonds is 4. The highest BCUT2D eigenvalue weighted by atomic mass is 19.1. The van der Waals surface area contributed by atoms with Gasteiger partial charge in [0.1, 0.15) is 11.5 Å². The third kappa shape index (κ3) is 3.81. The molecule has 2 aromatic heterocycles. The van der Waals surface area contributed by atoms with Gasteiger partial charge in [-0.2, -0.15) is 10.2 Å². The molecule has 1 aliphatic rings. The summed E-state index contributed by atoms with van der Waals surface area (Å²) < 4.78 is 15.0. The Labute approximate surface area is 169 Å². The van der Waals surface area contributed by atoms with E-state index < -0.39 is 0 Å². The molecule has 152 valence electrons. The molecule has 29 heavy (non-hydrogen) atoms. The number of amides is 1. The van der Waals surface area contributed by atoms with Gasteiger partial charge in [0.2, 0.25) is 0 Å². The number of aromatic nitrogens is 4. The molecule has 1 amide bonds. The van der Waals surface area contributed by atoms with Crippen molar-refractivity contribution in [1.82, 2.24) is 24.9 Å². The molecule has 4 rings (SSSR count). The molecule has 0 saturated carbocycles. The number of carbonyl (C=O) groups is 1. The zero-order valence-corrected chi connectivity index (χ0v) is 17.0. The van der Waals surface area contributed by atoms with E-state index in [0.29, 0.717) is 12.2 Å². The van der Waals surface area contributed by atoms with E-state index in [2.05, 4.69) is 29.1 Å². The number of halogens is 1. The molecule has 0 radical (unpaired) electrons. The van der Waals surface area contributed by atoms with E-state index in [9.17, 15) is 9.18 Å². The average Bonchev–Trinajstić information content (AvgIpc) is 3.35. The second-order valence-corrected chi connectivity index (χ2v) is 8.03. The number of likely N-dealkylation sites (tertiary alicyclic amines) is 1. The van der Waals surface area contributed by atoms with Crippen LogP contribution in [-0.4, -0.2) is 43.9 Å². The minimum Gasteiger partial charge on any atom is -0.337 e. The van der Waals surface area contributed by atoms with Gasteiger partial charge in [-0.25, -0.2) is 4.39 Å². The van der Waals surface area contributed by atoms with E-state index in [1.165, 1.54) is 12.1 Å². The maximum atomic E-state index is 13.3. The Bertz CT molecular complexity index is 1000. The number of H-pyrrole nitrogens is 1. The third-order valence-electron chi connectivity index (χ3n) is 5.65. The Morgan fingerprint density at radius 2 is 2.03 bits per heavy atom. The van der Waals surface area contributed by atoms with Crippen LogP contribution in [0, 0.1) is 5.82 Å². The topological polar surface area (TPSA) is 66.8 Å². The second kappa shape index (κ2) is 7.81. The van der Waals surface area contributed by atoms with Crippen LogP contribution in [-0.2, 0) is 7.05 Å². The number of benzene rings is 1. The number of hydrogen-bond donors (Lipinski definition) is 1. The number of aromatic amines is 1. The van der Waals surface area contributed by atoms with Crippen molar-refractivity contribution in [2.75, 3.05) is 13.1 Å². The van der Waals surface area contributed by atoms with Gasteiger partial charge in [0.25, 0.3) is 5.91 Å². The Morgan fingerprint density at radius 1 is 1.28 bits per heavy atom. The molecule has 1 N–H and O–H groups in total. The Balaban J connectivity index is 1.56. The van der Waals surface area contributed by atoms with Crippen LogP contribution in [0.2, 0.25) is 0 Å². The van der Waals surface area contributed by atoms with Crippen LogP contribution in [0.3, 0.4) is 0 Å². The zero-order chi connectivity index (χ0) is 20.5. The second-order valence-electron chi connectivity index (χ2n) is 8.03. The van der Waals surface area contributed by atoms with Gasteiger partial charge in [-0.1, -0.05) is 26.0 Å². The van der Waals surface area contributed by atoms with Crippen molar-refractivity contribution < 1.29 is 9.18 Å². The first-order valence-corrected chi connectivity index (χ1v) is 10.1. The zero-order valence-electron chi connectivity index (χ0n) is 17.0. The number of hydrogen-bond acceptors (Lipinski definition) is 3. The van der Waals surface area contributed by atoms with E-state index in [4.69, 9.17) is 0 Å². The lowest BCUT2D eigenvalue weighted by atomic mass is 9.90. The van der Waals surface area contributed by atoms with E-state index in [1.807, 2.05) is 18.0 Å². The molecule has 1 saturated heterocycles. The van der Waals surface area contributed by atoms with Crippen LogP contribution in [0.4, 0.5) is 4.39 Å². The number of carbonyl (C=O) groups excluding carboxylic acids is 1. The maximum Gasteiger partial charge on any atom is 0.272 e. The number of aryl methyl sites for hydroxylation is 1. The first-order chi connectivity index (χ1) is 13.9. The summed E-state index contributed by atoms with van der Waals surface area (Å²) in [5.74, 6) is 0.192. The van der Waals surface area contributed by atoms with Gasteiger partial charge >= 0.3 is 0 Å². The molecule has 1 aromatic carbocycles. The summed E-state index contributed by atoms with van der Waals surface area (Å²) >= 11 is 0. The van der Waals surface area contributed by atoms with E-state index in [0.717, 1.165) is 41.9 Å². The normalized spacial score (nSPS) is 17.1. The molecule has 7 heteroatoms. The first-order valence-electron chi connectivity index (χ1n) is 10.1. The Kier molecular flexibility index (Phi) is 5.22. The van der Waals surface area contributed by atoms with Crippen molar-refractivity contribution >= 4 is 5.91 Å². The molecule has 6 nitrogen and oxygen atoms in total. The van der Waals surface area contributed by atoms with Crippen molar-refractivity contribution in [3.63, 3.8) is 0 Å². The fourth-order valence-electron chi connectivity index (χ4n) is 4.00. The molecule has 0 bridgehead atoms. The minimum absolute atomic E-state index is 0.0134. The molecule has 0 unspecified atom stereocenters. The molecule has 1 fully saturated rings. The van der Waals surface area contributed by atoms with E-state index in [1.54, 1.807) is 23.0 Å². The molecule has 0 spiro atoms. The number of piperidine rings is 1. The molecule has 1 atom stereocenters. The lowest BCUT2D eigenvalue weighted by Gasteiger charge is -2.32. The highest BCUT2D eigenvalue weighted by Gasteiger charge is 2.29. The Hall–Kier alpha value is -2.96. The van der Waals surface area contributed by atoms with Gasteiger partial charge in [0, 0.05) is 37.3 Å². The van der Waals surface area contributed by atoms with E-state index in [-0.39, 0.29) is 23.6 Å².